The molecule has 0 saturated carbocycles. The van der Waals surface area contributed by atoms with Crippen molar-refractivity contribution in [3.63, 3.8) is 0 Å². The zero-order valence-corrected chi connectivity index (χ0v) is 12.8. The molecular formula is C15H30N2O3. The van der Waals surface area contributed by atoms with Crippen molar-refractivity contribution in [3.8, 4) is 0 Å². The molecule has 1 fully saturated rings. The molecule has 0 amide bonds. The summed E-state index contributed by atoms with van der Waals surface area (Å²) in [7, 11) is 0. The lowest BCUT2D eigenvalue weighted by Gasteiger charge is -2.33. The highest BCUT2D eigenvalue weighted by molar-refractivity contribution is 5.84. The van der Waals surface area contributed by atoms with Crippen molar-refractivity contribution in [3.05, 3.63) is 0 Å². The number of rotatable bonds is 11. The van der Waals surface area contributed by atoms with E-state index < -0.39 is 0 Å². The van der Waals surface area contributed by atoms with Crippen molar-refractivity contribution >= 4 is 5.78 Å². The van der Waals surface area contributed by atoms with Gasteiger partial charge in [0, 0.05) is 19.6 Å². The van der Waals surface area contributed by atoms with Gasteiger partial charge in [0.2, 0.25) is 0 Å². The smallest absolute Gasteiger partial charge is 0.150 e. The first-order chi connectivity index (χ1) is 9.79. The molecule has 0 radical (unpaired) electrons. The van der Waals surface area contributed by atoms with Crippen LogP contribution < -0.4 is 5.73 Å². The second kappa shape index (κ2) is 11.2. The van der Waals surface area contributed by atoms with Crippen molar-refractivity contribution in [1.29, 1.82) is 0 Å². The molecule has 0 aromatic rings. The lowest BCUT2D eigenvalue weighted by atomic mass is 9.96. The first-order valence-corrected chi connectivity index (χ1v) is 7.92. The minimum atomic E-state index is 0.154. The highest BCUT2D eigenvalue weighted by Gasteiger charge is 2.26. The van der Waals surface area contributed by atoms with Gasteiger partial charge in [0.25, 0.3) is 0 Å². The number of hydrogen-bond acceptors (Lipinski definition) is 5. The third-order valence-electron chi connectivity index (χ3n) is 3.74. The van der Waals surface area contributed by atoms with E-state index in [2.05, 4.69) is 11.8 Å². The quantitative estimate of drug-likeness (QED) is 0.578. The predicted octanol–water partition coefficient (Wildman–Crippen LogP) is 1.20. The molecule has 1 saturated heterocycles. The van der Waals surface area contributed by atoms with Crippen molar-refractivity contribution < 1.29 is 14.3 Å². The number of nitrogens with two attached hydrogens (primary N) is 1. The van der Waals surface area contributed by atoms with Crippen LogP contribution >= 0.6 is 0 Å². The average Bonchev–Trinajstić information content (AvgIpc) is 2.49. The summed E-state index contributed by atoms with van der Waals surface area (Å²) in [5, 5.41) is 0. The zero-order valence-electron chi connectivity index (χ0n) is 12.8. The van der Waals surface area contributed by atoms with Gasteiger partial charge in [-0.15, -0.1) is 0 Å². The zero-order chi connectivity index (χ0) is 14.6. The maximum Gasteiger partial charge on any atom is 0.150 e. The van der Waals surface area contributed by atoms with E-state index in [9.17, 15) is 4.79 Å². The van der Waals surface area contributed by atoms with Crippen LogP contribution in [-0.4, -0.2) is 62.8 Å². The Bertz CT molecular complexity index is 262. The fourth-order valence-electron chi connectivity index (χ4n) is 2.65. The fourth-order valence-corrected chi connectivity index (χ4v) is 2.65. The molecule has 0 aromatic carbocycles. The number of hydrogen-bond donors (Lipinski definition) is 1. The number of ether oxygens (including phenoxy) is 2. The molecule has 1 rings (SSSR count). The summed E-state index contributed by atoms with van der Waals surface area (Å²) < 4.78 is 10.7. The molecule has 1 aliphatic rings. The van der Waals surface area contributed by atoms with Gasteiger partial charge in [-0.1, -0.05) is 13.3 Å². The molecule has 0 aromatic heterocycles. The lowest BCUT2D eigenvalue weighted by Crippen LogP contribution is -2.44. The highest BCUT2D eigenvalue weighted by atomic mass is 16.5. The monoisotopic (exact) mass is 286 g/mol. The van der Waals surface area contributed by atoms with Crippen LogP contribution in [0.15, 0.2) is 0 Å². The number of carbonyl (C=O) groups is 1. The third kappa shape index (κ3) is 6.79. The van der Waals surface area contributed by atoms with Gasteiger partial charge in [0.1, 0.15) is 5.78 Å². The van der Waals surface area contributed by atoms with Gasteiger partial charge in [-0.25, -0.2) is 0 Å². The summed E-state index contributed by atoms with van der Waals surface area (Å²) in [6, 6.07) is 0.154. The summed E-state index contributed by atoms with van der Waals surface area (Å²) >= 11 is 0. The number of piperidine rings is 1. The van der Waals surface area contributed by atoms with Crippen LogP contribution in [0.25, 0.3) is 0 Å². The molecule has 1 aliphatic heterocycles. The van der Waals surface area contributed by atoms with E-state index in [0.717, 1.165) is 25.9 Å². The van der Waals surface area contributed by atoms with E-state index in [4.69, 9.17) is 15.2 Å². The van der Waals surface area contributed by atoms with Gasteiger partial charge in [-0.2, -0.15) is 0 Å². The normalized spacial score (nSPS) is 20.2. The lowest BCUT2D eigenvalue weighted by molar-refractivity contribution is -0.125. The molecule has 0 spiro atoms. The van der Waals surface area contributed by atoms with Crippen molar-refractivity contribution in [2.45, 2.75) is 45.1 Å². The topological polar surface area (TPSA) is 64.8 Å². The largest absolute Gasteiger partial charge is 0.379 e. The van der Waals surface area contributed by atoms with Crippen molar-refractivity contribution in [2.24, 2.45) is 5.73 Å². The number of ketones is 1. The summed E-state index contributed by atoms with van der Waals surface area (Å²) in [5.41, 5.74) is 5.31. The minimum absolute atomic E-state index is 0.154. The summed E-state index contributed by atoms with van der Waals surface area (Å²) in [5.74, 6) is 0.384. The Morgan fingerprint density at radius 2 is 1.95 bits per heavy atom. The van der Waals surface area contributed by atoms with E-state index in [1.807, 2.05) is 0 Å². The fraction of sp³-hybridized carbons (Fsp3) is 0.933. The summed E-state index contributed by atoms with van der Waals surface area (Å²) in [6.07, 6.45) is 4.88. The van der Waals surface area contributed by atoms with E-state index in [1.54, 1.807) is 0 Å². The number of likely N-dealkylation sites (tertiary alicyclic amines) is 1. The molecule has 2 N–H and O–H groups in total. The molecule has 1 heterocycles. The minimum Gasteiger partial charge on any atom is -0.379 e. The van der Waals surface area contributed by atoms with Gasteiger partial charge in [0.05, 0.1) is 25.9 Å². The molecule has 118 valence electrons. The van der Waals surface area contributed by atoms with E-state index in [0.29, 0.717) is 45.2 Å². The van der Waals surface area contributed by atoms with Crippen LogP contribution in [0.4, 0.5) is 0 Å². The van der Waals surface area contributed by atoms with Gasteiger partial charge in [-0.3, -0.25) is 9.69 Å². The van der Waals surface area contributed by atoms with E-state index in [-0.39, 0.29) is 6.04 Å². The van der Waals surface area contributed by atoms with Gasteiger partial charge in [-0.05, 0) is 32.4 Å². The van der Waals surface area contributed by atoms with Gasteiger partial charge >= 0.3 is 0 Å². The van der Waals surface area contributed by atoms with Gasteiger partial charge < -0.3 is 15.2 Å². The third-order valence-corrected chi connectivity index (χ3v) is 3.74. The standard InChI is InChI=1S/C15H30N2O3/c1-2-17-9-4-3-6-14(17)15(18)7-5-10-19-12-13-20-11-8-16/h14H,2-13,16H2,1H3/t14-/m0/s1. The highest BCUT2D eigenvalue weighted by Crippen LogP contribution is 2.18. The maximum absolute atomic E-state index is 12.2. The second-order valence-corrected chi connectivity index (χ2v) is 5.22. The van der Waals surface area contributed by atoms with Crippen LogP contribution in [0.2, 0.25) is 0 Å². The van der Waals surface area contributed by atoms with Crippen LogP contribution in [-0.2, 0) is 14.3 Å². The van der Waals surface area contributed by atoms with E-state index in [1.165, 1.54) is 12.8 Å². The summed E-state index contributed by atoms with van der Waals surface area (Å²) in [6.45, 7) is 7.11. The Balaban J connectivity index is 2.04. The van der Waals surface area contributed by atoms with E-state index >= 15 is 0 Å². The Morgan fingerprint density at radius 3 is 2.65 bits per heavy atom. The number of likely N-dealkylation sites (N-methyl/N-ethyl adjacent to an activating group) is 1. The summed E-state index contributed by atoms with van der Waals surface area (Å²) in [4.78, 5) is 14.5. The maximum atomic E-state index is 12.2. The Hall–Kier alpha value is -0.490. The molecule has 0 bridgehead atoms. The molecule has 5 heteroatoms. The predicted molar refractivity (Wildman–Crippen MR) is 79.8 cm³/mol. The SMILES string of the molecule is CCN1CCCC[C@H]1C(=O)CCCOCCOCCN. The average molecular weight is 286 g/mol. The molecule has 20 heavy (non-hydrogen) atoms. The number of carbonyl (C=O) groups excluding carboxylic acids is 1. The number of Topliss-reactive ketones (excluding diaryl/α,β-unsaturated/α-hetero) is 1. The molecule has 1 atom stereocenters. The second-order valence-electron chi connectivity index (χ2n) is 5.22. The van der Waals surface area contributed by atoms with Crippen LogP contribution in [0.3, 0.4) is 0 Å². The van der Waals surface area contributed by atoms with Crippen LogP contribution in [0.1, 0.15) is 39.0 Å². The first kappa shape index (κ1) is 17.6. The number of nitrogens with zero attached hydrogens (tertiary/aromatic N) is 1. The molecular weight excluding hydrogens is 256 g/mol. The Morgan fingerprint density at radius 1 is 1.20 bits per heavy atom. The first-order valence-electron chi connectivity index (χ1n) is 7.92. The van der Waals surface area contributed by atoms with Crippen molar-refractivity contribution in [2.75, 3.05) is 46.1 Å². The van der Waals surface area contributed by atoms with Gasteiger partial charge in [0.15, 0.2) is 0 Å². The molecule has 5 nitrogen and oxygen atoms in total. The Kier molecular flexibility index (Phi) is 9.83. The van der Waals surface area contributed by atoms with Crippen LogP contribution in [0.5, 0.6) is 0 Å². The van der Waals surface area contributed by atoms with Crippen molar-refractivity contribution in [1.82, 2.24) is 4.90 Å². The Labute approximate surface area is 122 Å². The molecule has 0 unspecified atom stereocenters. The molecule has 0 aliphatic carbocycles. The van der Waals surface area contributed by atoms with Crippen LogP contribution in [0, 0.1) is 0 Å².